The molecule has 1 aliphatic heterocycles. The van der Waals surface area contributed by atoms with Crippen molar-refractivity contribution in [2.75, 3.05) is 12.9 Å². The molecule has 2 aromatic carbocycles. The number of carbonyl (C=O) groups excluding carboxylic acids is 1. The minimum absolute atomic E-state index is 0.250. The van der Waals surface area contributed by atoms with Crippen molar-refractivity contribution >= 4 is 16.0 Å². The first-order valence-corrected chi connectivity index (χ1v) is 11.7. The number of hydrogen-bond donors (Lipinski definition) is 1. The number of amides is 1. The van der Waals surface area contributed by atoms with Crippen LogP contribution in [-0.2, 0) is 46.5 Å². The molecule has 9 heteroatoms. The summed E-state index contributed by atoms with van der Waals surface area (Å²) in [6, 6.07) is 18.4. The van der Waals surface area contributed by atoms with Gasteiger partial charge in [-0.3, -0.25) is 8.98 Å². The zero-order chi connectivity index (χ0) is 22.3. The summed E-state index contributed by atoms with van der Waals surface area (Å²) in [5.74, 6) is -0.278. The van der Waals surface area contributed by atoms with Gasteiger partial charge in [-0.15, -0.1) is 0 Å². The molecule has 0 radical (unpaired) electrons. The Morgan fingerprint density at radius 3 is 2.03 bits per heavy atom. The summed E-state index contributed by atoms with van der Waals surface area (Å²) in [5, 5.41) is 2.82. The maximum atomic E-state index is 11.9. The van der Waals surface area contributed by atoms with Gasteiger partial charge in [-0.2, -0.15) is 8.42 Å². The monoisotopic (exact) mass is 449 g/mol. The van der Waals surface area contributed by atoms with E-state index in [-0.39, 0.29) is 25.7 Å². The van der Waals surface area contributed by atoms with E-state index in [4.69, 9.17) is 18.4 Å². The van der Waals surface area contributed by atoms with Crippen molar-refractivity contribution in [3.05, 3.63) is 71.8 Å². The van der Waals surface area contributed by atoms with Gasteiger partial charge in [0.1, 0.15) is 18.2 Å². The second-order valence-electron chi connectivity index (χ2n) is 7.32. The topological polar surface area (TPSA) is 100 Å². The van der Waals surface area contributed by atoms with Crippen molar-refractivity contribution in [1.82, 2.24) is 5.32 Å². The third-order valence-corrected chi connectivity index (χ3v) is 5.25. The predicted molar refractivity (Wildman–Crippen MR) is 113 cm³/mol. The van der Waals surface area contributed by atoms with Crippen molar-refractivity contribution in [2.45, 2.75) is 44.7 Å². The third-order valence-electron chi connectivity index (χ3n) is 4.68. The average Bonchev–Trinajstić information content (AvgIpc) is 3.06. The molecule has 0 aromatic heterocycles. The molecule has 0 bridgehead atoms. The van der Waals surface area contributed by atoms with Gasteiger partial charge in [0.2, 0.25) is 5.91 Å². The molecular formula is C22H27NO7S. The lowest BCUT2D eigenvalue weighted by atomic mass is 10.1. The molecule has 3 rings (SSSR count). The molecule has 0 unspecified atom stereocenters. The lowest BCUT2D eigenvalue weighted by Gasteiger charge is -2.25. The quantitative estimate of drug-likeness (QED) is 0.554. The summed E-state index contributed by atoms with van der Waals surface area (Å²) in [6.45, 7) is 1.65. The number of rotatable bonds is 10. The molecule has 0 spiro atoms. The Morgan fingerprint density at radius 1 is 0.968 bits per heavy atom. The molecule has 4 atom stereocenters. The van der Waals surface area contributed by atoms with E-state index >= 15 is 0 Å². The Bertz CT molecular complexity index is 937. The second-order valence-corrected chi connectivity index (χ2v) is 8.96. The van der Waals surface area contributed by atoms with Crippen molar-refractivity contribution in [3.63, 3.8) is 0 Å². The Balaban J connectivity index is 1.76. The number of hydrogen-bond acceptors (Lipinski definition) is 7. The first-order valence-electron chi connectivity index (χ1n) is 9.90. The van der Waals surface area contributed by atoms with Crippen LogP contribution in [0.1, 0.15) is 18.1 Å². The van der Waals surface area contributed by atoms with Crippen LogP contribution in [0.15, 0.2) is 60.7 Å². The highest BCUT2D eigenvalue weighted by Gasteiger charge is 2.47. The van der Waals surface area contributed by atoms with Crippen LogP contribution in [0.4, 0.5) is 0 Å². The van der Waals surface area contributed by atoms with Crippen LogP contribution in [0.2, 0.25) is 0 Å². The van der Waals surface area contributed by atoms with Gasteiger partial charge in [0, 0.05) is 6.92 Å². The molecule has 0 aliphatic carbocycles. The van der Waals surface area contributed by atoms with E-state index in [0.717, 1.165) is 17.4 Å². The smallest absolute Gasteiger partial charge is 0.264 e. The molecular weight excluding hydrogens is 422 g/mol. The molecule has 8 nitrogen and oxygen atoms in total. The van der Waals surface area contributed by atoms with Gasteiger partial charge in [-0.1, -0.05) is 60.7 Å². The van der Waals surface area contributed by atoms with Crippen molar-refractivity contribution < 1.29 is 31.6 Å². The zero-order valence-corrected chi connectivity index (χ0v) is 18.3. The SMILES string of the molecule is CC(=O)N[C@H]1[C@H](OCc2ccccc2)O[C@H](COS(C)(=O)=O)[C@@H]1OCc1ccccc1. The van der Waals surface area contributed by atoms with Crippen LogP contribution in [-0.4, -0.2) is 51.7 Å². The Hall–Kier alpha value is -2.30. The largest absolute Gasteiger partial charge is 0.368 e. The molecule has 0 saturated carbocycles. The Labute approximate surface area is 182 Å². The van der Waals surface area contributed by atoms with Crippen molar-refractivity contribution in [3.8, 4) is 0 Å². The van der Waals surface area contributed by atoms with Crippen molar-refractivity contribution in [2.24, 2.45) is 0 Å². The van der Waals surface area contributed by atoms with Gasteiger partial charge >= 0.3 is 0 Å². The van der Waals surface area contributed by atoms with E-state index in [1.807, 2.05) is 60.7 Å². The maximum Gasteiger partial charge on any atom is 0.264 e. The molecule has 1 amide bonds. The summed E-state index contributed by atoms with van der Waals surface area (Å²) >= 11 is 0. The van der Waals surface area contributed by atoms with E-state index in [9.17, 15) is 13.2 Å². The summed E-state index contributed by atoms with van der Waals surface area (Å²) in [5.41, 5.74) is 1.87. The summed E-state index contributed by atoms with van der Waals surface area (Å²) < 4.78 is 45.9. The van der Waals surface area contributed by atoms with Crippen molar-refractivity contribution in [1.29, 1.82) is 0 Å². The van der Waals surface area contributed by atoms with Crippen LogP contribution in [0.5, 0.6) is 0 Å². The van der Waals surface area contributed by atoms with E-state index in [1.54, 1.807) is 0 Å². The molecule has 31 heavy (non-hydrogen) atoms. The molecule has 1 aliphatic rings. The van der Waals surface area contributed by atoms with Crippen LogP contribution >= 0.6 is 0 Å². The first-order chi connectivity index (χ1) is 14.8. The highest BCUT2D eigenvalue weighted by molar-refractivity contribution is 7.85. The van der Waals surface area contributed by atoms with Gasteiger partial charge in [-0.05, 0) is 11.1 Å². The van der Waals surface area contributed by atoms with Crippen LogP contribution in [0.25, 0.3) is 0 Å². The van der Waals surface area contributed by atoms with E-state index in [2.05, 4.69) is 5.32 Å². The second kappa shape index (κ2) is 10.8. The minimum Gasteiger partial charge on any atom is -0.368 e. The molecule has 168 valence electrons. The molecule has 1 saturated heterocycles. The Morgan fingerprint density at radius 2 is 1.52 bits per heavy atom. The van der Waals surface area contributed by atoms with E-state index in [1.165, 1.54) is 6.92 Å². The van der Waals surface area contributed by atoms with Gasteiger partial charge < -0.3 is 19.5 Å². The first kappa shape index (κ1) is 23.4. The number of carbonyl (C=O) groups is 1. The van der Waals surface area contributed by atoms with Crippen LogP contribution < -0.4 is 5.32 Å². The fourth-order valence-electron chi connectivity index (χ4n) is 3.30. The van der Waals surface area contributed by atoms with Crippen LogP contribution in [0.3, 0.4) is 0 Å². The standard InChI is InChI=1S/C22H27NO7S/c1-16(24)23-20-21(27-13-17-9-5-3-6-10-17)19(15-29-31(2,25)26)30-22(20)28-14-18-11-7-4-8-12-18/h3-12,19-22H,13-15H2,1-2H3,(H,23,24)/t19-,20-,21+,22-/m1/s1. The average molecular weight is 450 g/mol. The fraction of sp³-hybridized carbons (Fsp3) is 0.409. The molecule has 1 fully saturated rings. The number of nitrogens with one attached hydrogen (secondary N) is 1. The number of ether oxygens (including phenoxy) is 3. The van der Waals surface area contributed by atoms with Gasteiger partial charge in [-0.25, -0.2) is 0 Å². The van der Waals surface area contributed by atoms with Gasteiger partial charge in [0.15, 0.2) is 6.29 Å². The third kappa shape index (κ3) is 7.41. The van der Waals surface area contributed by atoms with Crippen LogP contribution in [0, 0.1) is 0 Å². The summed E-state index contributed by atoms with van der Waals surface area (Å²) in [7, 11) is -3.68. The fourth-order valence-corrected chi connectivity index (χ4v) is 3.68. The molecule has 2 aromatic rings. The Kier molecular flexibility index (Phi) is 8.16. The molecule has 1 heterocycles. The lowest BCUT2D eigenvalue weighted by Crippen LogP contribution is -2.49. The van der Waals surface area contributed by atoms with E-state index < -0.39 is 34.7 Å². The zero-order valence-electron chi connectivity index (χ0n) is 17.5. The maximum absolute atomic E-state index is 11.9. The lowest BCUT2D eigenvalue weighted by molar-refractivity contribution is -0.156. The molecule has 1 N–H and O–H groups in total. The van der Waals surface area contributed by atoms with E-state index in [0.29, 0.717) is 0 Å². The normalized spacial score (nSPS) is 23.5. The summed E-state index contributed by atoms with van der Waals surface area (Å²) in [4.78, 5) is 11.9. The minimum atomic E-state index is -3.68. The summed E-state index contributed by atoms with van der Waals surface area (Å²) in [6.07, 6.45) is -1.29. The highest BCUT2D eigenvalue weighted by atomic mass is 32.2. The number of benzene rings is 2. The highest BCUT2D eigenvalue weighted by Crippen LogP contribution is 2.27. The van der Waals surface area contributed by atoms with Gasteiger partial charge in [0.25, 0.3) is 10.1 Å². The van der Waals surface area contributed by atoms with Gasteiger partial charge in [0.05, 0.1) is 26.1 Å². The predicted octanol–water partition coefficient (Wildman–Crippen LogP) is 1.99.